The average molecular weight is 209 g/mol. The van der Waals surface area contributed by atoms with Crippen LogP contribution in [0.15, 0.2) is 17.4 Å². The number of aromatic nitrogens is 2. The van der Waals surface area contributed by atoms with Gasteiger partial charge in [-0.3, -0.25) is 0 Å². The molecule has 2 atom stereocenters. The van der Waals surface area contributed by atoms with Crippen molar-refractivity contribution in [3.05, 3.63) is 18.1 Å². The zero-order valence-electron chi connectivity index (χ0n) is 8.01. The van der Waals surface area contributed by atoms with Crippen LogP contribution >= 0.6 is 11.8 Å². The van der Waals surface area contributed by atoms with E-state index in [1.54, 1.807) is 13.1 Å². The topological polar surface area (TPSA) is 69.8 Å². The largest absolute Gasteiger partial charge is 0.392 e. The maximum Gasteiger partial charge on any atom is 0.158 e. The molecule has 74 valence electrons. The maximum atomic E-state index is 9.26. The Bertz CT molecular complexity index is 331. The first-order valence-electron chi connectivity index (χ1n) is 4.20. The lowest BCUT2D eigenvalue weighted by Gasteiger charge is -2.12. The van der Waals surface area contributed by atoms with Gasteiger partial charge in [0.1, 0.15) is 11.1 Å². The van der Waals surface area contributed by atoms with Gasteiger partial charge in [0.25, 0.3) is 0 Å². The normalized spacial score (nSPS) is 14.4. The fourth-order valence-electron chi connectivity index (χ4n) is 0.724. The van der Waals surface area contributed by atoms with E-state index in [1.807, 2.05) is 13.0 Å². The summed E-state index contributed by atoms with van der Waals surface area (Å²) < 4.78 is 0. The third-order valence-corrected chi connectivity index (χ3v) is 2.95. The molecule has 1 N–H and O–H groups in total. The molecule has 1 aromatic rings. The standard InChI is InChI=1S/C9H11N3OS/c1-6(13)7(2)14-9-5-11-8(3-10)4-12-9/h4-7,13H,1-2H3. The predicted molar refractivity (Wildman–Crippen MR) is 53.7 cm³/mol. The van der Waals surface area contributed by atoms with Crippen molar-refractivity contribution < 1.29 is 5.11 Å². The molecule has 0 bridgehead atoms. The van der Waals surface area contributed by atoms with Crippen molar-refractivity contribution in [3.8, 4) is 6.07 Å². The summed E-state index contributed by atoms with van der Waals surface area (Å²) in [5.74, 6) is 0. The van der Waals surface area contributed by atoms with Crippen LogP contribution in [0.5, 0.6) is 0 Å². The van der Waals surface area contributed by atoms with Crippen molar-refractivity contribution in [2.45, 2.75) is 30.2 Å². The Kier molecular flexibility index (Phi) is 3.86. The van der Waals surface area contributed by atoms with Crippen LogP contribution in [0.25, 0.3) is 0 Å². The molecular weight excluding hydrogens is 198 g/mol. The van der Waals surface area contributed by atoms with Crippen molar-refractivity contribution in [1.29, 1.82) is 5.26 Å². The van der Waals surface area contributed by atoms with Crippen molar-refractivity contribution in [2.24, 2.45) is 0 Å². The summed E-state index contributed by atoms with van der Waals surface area (Å²) in [4.78, 5) is 7.92. The minimum atomic E-state index is -0.391. The molecule has 0 spiro atoms. The van der Waals surface area contributed by atoms with E-state index in [0.717, 1.165) is 5.03 Å². The number of nitrogens with zero attached hydrogens (tertiary/aromatic N) is 3. The van der Waals surface area contributed by atoms with Crippen LogP contribution in [0.4, 0.5) is 0 Å². The summed E-state index contributed by atoms with van der Waals surface area (Å²) in [5.41, 5.74) is 0.305. The van der Waals surface area contributed by atoms with E-state index in [-0.39, 0.29) is 5.25 Å². The van der Waals surface area contributed by atoms with Gasteiger partial charge >= 0.3 is 0 Å². The van der Waals surface area contributed by atoms with Crippen LogP contribution in [-0.2, 0) is 0 Å². The molecule has 0 aliphatic heterocycles. The first-order valence-corrected chi connectivity index (χ1v) is 5.08. The monoisotopic (exact) mass is 209 g/mol. The number of rotatable bonds is 3. The molecular formula is C9H11N3OS. The number of nitriles is 1. The van der Waals surface area contributed by atoms with Gasteiger partial charge in [-0.1, -0.05) is 18.7 Å². The third-order valence-electron chi connectivity index (χ3n) is 1.73. The first kappa shape index (κ1) is 11.0. The molecule has 1 rings (SSSR count). The molecule has 14 heavy (non-hydrogen) atoms. The summed E-state index contributed by atoms with van der Waals surface area (Å²) >= 11 is 1.44. The number of aliphatic hydroxyl groups is 1. The molecule has 0 aliphatic rings. The van der Waals surface area contributed by atoms with E-state index in [1.165, 1.54) is 18.0 Å². The summed E-state index contributed by atoms with van der Waals surface area (Å²) in [6.07, 6.45) is 2.58. The van der Waals surface area contributed by atoms with Gasteiger partial charge in [-0.2, -0.15) is 5.26 Å². The minimum absolute atomic E-state index is 0.0669. The quantitative estimate of drug-likeness (QED) is 0.758. The fraction of sp³-hybridized carbons (Fsp3) is 0.444. The van der Waals surface area contributed by atoms with E-state index in [2.05, 4.69) is 9.97 Å². The second kappa shape index (κ2) is 4.94. The van der Waals surface area contributed by atoms with E-state index in [0.29, 0.717) is 5.69 Å². The van der Waals surface area contributed by atoms with E-state index < -0.39 is 6.10 Å². The van der Waals surface area contributed by atoms with E-state index in [4.69, 9.17) is 5.26 Å². The predicted octanol–water partition coefficient (Wildman–Crippen LogP) is 1.21. The minimum Gasteiger partial charge on any atom is -0.392 e. The molecule has 0 aromatic carbocycles. The maximum absolute atomic E-state index is 9.26. The Morgan fingerprint density at radius 3 is 2.57 bits per heavy atom. The van der Waals surface area contributed by atoms with Gasteiger partial charge in [-0.05, 0) is 6.92 Å². The molecule has 5 heteroatoms. The van der Waals surface area contributed by atoms with E-state index in [9.17, 15) is 5.11 Å². The van der Waals surface area contributed by atoms with Crippen molar-refractivity contribution in [2.75, 3.05) is 0 Å². The van der Waals surface area contributed by atoms with Crippen LogP contribution in [-0.4, -0.2) is 26.4 Å². The molecule has 0 radical (unpaired) electrons. The lowest BCUT2D eigenvalue weighted by atomic mass is 10.3. The van der Waals surface area contributed by atoms with Crippen LogP contribution in [0.2, 0.25) is 0 Å². The Hall–Kier alpha value is -1.12. The number of aliphatic hydroxyl groups excluding tert-OH is 1. The second-order valence-corrected chi connectivity index (χ2v) is 4.31. The molecule has 0 saturated heterocycles. The Morgan fingerprint density at radius 2 is 2.14 bits per heavy atom. The van der Waals surface area contributed by atoms with Crippen molar-refractivity contribution in [1.82, 2.24) is 9.97 Å². The molecule has 1 aromatic heterocycles. The fourth-order valence-corrected chi connectivity index (χ4v) is 1.53. The van der Waals surface area contributed by atoms with Gasteiger partial charge in [0.05, 0.1) is 18.5 Å². The summed E-state index contributed by atoms with van der Waals surface area (Å²) in [7, 11) is 0. The molecule has 0 amide bonds. The zero-order valence-corrected chi connectivity index (χ0v) is 8.82. The first-order chi connectivity index (χ1) is 6.63. The second-order valence-electron chi connectivity index (χ2n) is 2.92. The van der Waals surface area contributed by atoms with Crippen LogP contribution in [0.3, 0.4) is 0 Å². The summed E-state index contributed by atoms with van der Waals surface area (Å²) in [6, 6.07) is 1.90. The molecule has 0 saturated carbocycles. The Labute approximate surface area is 87.0 Å². The number of thioether (sulfide) groups is 1. The molecule has 1 heterocycles. The third kappa shape index (κ3) is 2.98. The van der Waals surface area contributed by atoms with Crippen LogP contribution < -0.4 is 0 Å². The van der Waals surface area contributed by atoms with Crippen molar-refractivity contribution in [3.63, 3.8) is 0 Å². The summed E-state index contributed by atoms with van der Waals surface area (Å²) in [5, 5.41) is 18.5. The average Bonchev–Trinajstić information content (AvgIpc) is 2.19. The van der Waals surface area contributed by atoms with Crippen LogP contribution in [0, 0.1) is 11.3 Å². The molecule has 0 aliphatic carbocycles. The lowest BCUT2D eigenvalue weighted by Crippen LogP contribution is -2.15. The van der Waals surface area contributed by atoms with Gasteiger partial charge in [-0.15, -0.1) is 0 Å². The highest BCUT2D eigenvalue weighted by atomic mass is 32.2. The Balaban J connectivity index is 2.65. The van der Waals surface area contributed by atoms with Gasteiger partial charge in [-0.25, -0.2) is 9.97 Å². The number of hydrogen-bond acceptors (Lipinski definition) is 5. The smallest absolute Gasteiger partial charge is 0.158 e. The highest BCUT2D eigenvalue weighted by Crippen LogP contribution is 2.22. The zero-order chi connectivity index (χ0) is 10.6. The number of hydrogen-bond donors (Lipinski definition) is 1. The van der Waals surface area contributed by atoms with Crippen molar-refractivity contribution >= 4 is 11.8 Å². The SMILES string of the molecule is CC(O)C(C)Sc1cnc(C#N)cn1. The van der Waals surface area contributed by atoms with E-state index >= 15 is 0 Å². The van der Waals surface area contributed by atoms with Gasteiger partial charge in [0.15, 0.2) is 5.69 Å². The molecule has 4 nitrogen and oxygen atoms in total. The summed E-state index contributed by atoms with van der Waals surface area (Å²) in [6.45, 7) is 3.64. The highest BCUT2D eigenvalue weighted by Gasteiger charge is 2.11. The van der Waals surface area contributed by atoms with Gasteiger partial charge in [0, 0.05) is 5.25 Å². The lowest BCUT2D eigenvalue weighted by molar-refractivity contribution is 0.196. The molecule has 2 unspecified atom stereocenters. The van der Waals surface area contributed by atoms with Crippen LogP contribution in [0.1, 0.15) is 19.5 Å². The van der Waals surface area contributed by atoms with Gasteiger partial charge in [0.2, 0.25) is 0 Å². The molecule has 0 fully saturated rings. The van der Waals surface area contributed by atoms with Gasteiger partial charge < -0.3 is 5.11 Å². The Morgan fingerprint density at radius 1 is 1.43 bits per heavy atom. The highest BCUT2D eigenvalue weighted by molar-refractivity contribution is 7.99.